The van der Waals surface area contributed by atoms with E-state index in [1.165, 1.54) is 5.56 Å². The quantitative estimate of drug-likeness (QED) is 0.403. The molecule has 0 heterocycles. The van der Waals surface area contributed by atoms with E-state index in [2.05, 4.69) is 58.7 Å². The number of hydrogen-bond acceptors (Lipinski definition) is 2. The molecule has 2 aromatic carbocycles. The molecule has 2 rings (SSSR count). The molecule has 0 unspecified atom stereocenters. The molecule has 0 aliphatic heterocycles. The number of aromatic hydroxyl groups is 1. The fourth-order valence-electron chi connectivity index (χ4n) is 2.71. The molecule has 2 aromatic rings. The molecule has 5 heteroatoms. The second-order valence-electron chi connectivity index (χ2n) is 8.10. The van der Waals surface area contributed by atoms with Crippen molar-refractivity contribution in [3.05, 3.63) is 59.2 Å². The standard InChI is InChI=1S/C23H31NO.2ClH.Zr/c1-7-22(3,4)18-14-17(16-24-19-12-10-9-11-13-19)21(25)20(15-18)23(5,6)8-2;;;/h9-16,25H,7-8H2,1-6H3;2*1H;/q;;;+2/p-2. The van der Waals surface area contributed by atoms with Crippen LogP contribution in [0.3, 0.4) is 0 Å². The molecule has 0 amide bonds. The van der Waals surface area contributed by atoms with Crippen molar-refractivity contribution >= 4 is 28.9 Å². The molecule has 0 saturated heterocycles. The van der Waals surface area contributed by atoms with Crippen LogP contribution in [0.4, 0.5) is 5.69 Å². The van der Waals surface area contributed by atoms with Gasteiger partial charge in [0, 0.05) is 17.3 Å². The van der Waals surface area contributed by atoms with Gasteiger partial charge in [-0.15, -0.1) is 0 Å². The molecule has 0 spiro atoms. The van der Waals surface area contributed by atoms with E-state index in [0.717, 1.165) is 29.7 Å². The van der Waals surface area contributed by atoms with E-state index >= 15 is 0 Å². The van der Waals surface area contributed by atoms with E-state index < -0.39 is 20.8 Å². The summed E-state index contributed by atoms with van der Waals surface area (Å²) >= 11 is -0.826. The fourth-order valence-corrected chi connectivity index (χ4v) is 2.71. The van der Waals surface area contributed by atoms with Crippen LogP contribution in [0.1, 0.15) is 71.1 Å². The van der Waals surface area contributed by atoms with Crippen LogP contribution in [0.25, 0.3) is 0 Å². The van der Waals surface area contributed by atoms with Crippen molar-refractivity contribution in [2.45, 2.75) is 65.2 Å². The molecule has 0 radical (unpaired) electrons. The molecular weight excluding hydrogens is 468 g/mol. The van der Waals surface area contributed by atoms with E-state index in [9.17, 15) is 5.11 Å². The predicted octanol–water partition coefficient (Wildman–Crippen LogP) is 7.89. The molecule has 0 bridgehead atoms. The first kappa shape index (κ1) is 25.4. The van der Waals surface area contributed by atoms with Crippen molar-refractivity contribution < 1.29 is 26.0 Å². The maximum atomic E-state index is 10.9. The van der Waals surface area contributed by atoms with Gasteiger partial charge in [0.15, 0.2) is 0 Å². The molecule has 2 nitrogen and oxygen atoms in total. The van der Waals surface area contributed by atoms with Crippen LogP contribution in [0.2, 0.25) is 0 Å². The third-order valence-electron chi connectivity index (χ3n) is 5.53. The van der Waals surface area contributed by atoms with E-state index in [0.29, 0.717) is 5.75 Å². The molecule has 0 aliphatic rings. The first-order valence-electron chi connectivity index (χ1n) is 9.56. The molecule has 0 atom stereocenters. The SMILES string of the molecule is CCC(C)(C)c1cc(C=Nc2ccccc2)c(O)c(C(C)(C)CC)c1.[Cl][Zr][Cl]. The zero-order valence-electron chi connectivity index (χ0n) is 17.7. The van der Waals surface area contributed by atoms with Crippen molar-refractivity contribution in [1.82, 2.24) is 0 Å². The zero-order valence-corrected chi connectivity index (χ0v) is 21.7. The normalized spacial score (nSPS) is 11.9. The van der Waals surface area contributed by atoms with Crippen LogP contribution in [0.15, 0.2) is 47.5 Å². The maximum absolute atomic E-state index is 10.9. The molecule has 0 aliphatic carbocycles. The Balaban J connectivity index is 0.00000122. The van der Waals surface area contributed by atoms with Crippen LogP contribution < -0.4 is 0 Å². The van der Waals surface area contributed by atoms with E-state index in [1.807, 2.05) is 30.3 Å². The Morgan fingerprint density at radius 2 is 1.50 bits per heavy atom. The second kappa shape index (κ2) is 11.5. The molecule has 0 fully saturated rings. The third-order valence-corrected chi connectivity index (χ3v) is 5.53. The predicted molar refractivity (Wildman–Crippen MR) is 120 cm³/mol. The van der Waals surface area contributed by atoms with Gasteiger partial charge < -0.3 is 5.11 Å². The van der Waals surface area contributed by atoms with Gasteiger partial charge in [-0.05, 0) is 47.4 Å². The molecule has 0 saturated carbocycles. The summed E-state index contributed by atoms with van der Waals surface area (Å²) in [6.07, 6.45) is 3.79. The Morgan fingerprint density at radius 1 is 0.964 bits per heavy atom. The summed E-state index contributed by atoms with van der Waals surface area (Å²) in [5.41, 5.74) is 3.90. The van der Waals surface area contributed by atoms with Crippen molar-refractivity contribution in [3.8, 4) is 5.75 Å². The van der Waals surface area contributed by atoms with Gasteiger partial charge >= 0.3 is 37.9 Å². The summed E-state index contributed by atoms with van der Waals surface area (Å²) in [6, 6.07) is 14.1. The van der Waals surface area contributed by atoms with E-state index in [1.54, 1.807) is 6.21 Å². The van der Waals surface area contributed by atoms with E-state index in [4.69, 9.17) is 17.0 Å². The van der Waals surface area contributed by atoms with Crippen molar-refractivity contribution in [2.24, 2.45) is 4.99 Å². The number of phenols is 1. The first-order chi connectivity index (χ1) is 13.1. The Morgan fingerprint density at radius 3 is 2.00 bits per heavy atom. The topological polar surface area (TPSA) is 32.6 Å². The van der Waals surface area contributed by atoms with Crippen LogP contribution in [-0.2, 0) is 31.7 Å². The third kappa shape index (κ3) is 7.01. The van der Waals surface area contributed by atoms with Crippen molar-refractivity contribution in [2.75, 3.05) is 0 Å². The summed E-state index contributed by atoms with van der Waals surface area (Å²) < 4.78 is 0. The van der Waals surface area contributed by atoms with Crippen LogP contribution >= 0.6 is 17.0 Å². The van der Waals surface area contributed by atoms with Gasteiger partial charge in [-0.1, -0.05) is 65.8 Å². The monoisotopic (exact) mass is 497 g/mol. The van der Waals surface area contributed by atoms with Crippen molar-refractivity contribution in [3.63, 3.8) is 0 Å². The number of para-hydroxylation sites is 1. The van der Waals surface area contributed by atoms with E-state index in [-0.39, 0.29) is 10.8 Å². The van der Waals surface area contributed by atoms with Gasteiger partial charge in [0.2, 0.25) is 0 Å². The number of halogens is 2. The Bertz CT molecular complexity index is 774. The summed E-state index contributed by atoms with van der Waals surface area (Å²) in [5, 5.41) is 10.9. The first-order valence-corrected chi connectivity index (χ1v) is 15.9. The van der Waals surface area contributed by atoms with Crippen LogP contribution in [0.5, 0.6) is 5.75 Å². The summed E-state index contributed by atoms with van der Waals surface area (Å²) in [6.45, 7) is 13.2. The number of phenolic OH excluding ortho intramolecular Hbond substituents is 1. The number of nitrogens with zero attached hydrogens (tertiary/aromatic N) is 1. The minimum atomic E-state index is -0.826. The molecule has 152 valence electrons. The van der Waals surface area contributed by atoms with Gasteiger partial charge in [0.05, 0.1) is 5.69 Å². The number of rotatable bonds is 6. The zero-order chi connectivity index (χ0) is 21.4. The summed E-state index contributed by atoms with van der Waals surface area (Å²) in [5.74, 6) is 0.349. The number of aliphatic imine (C=N–C) groups is 1. The molecular formula is C23H31Cl2NOZr. The Kier molecular flexibility index (Phi) is 10.5. The summed E-state index contributed by atoms with van der Waals surface area (Å²) in [4.78, 5) is 4.55. The van der Waals surface area contributed by atoms with Crippen LogP contribution in [0, 0.1) is 0 Å². The average molecular weight is 500 g/mol. The van der Waals surface area contributed by atoms with Gasteiger partial charge in [-0.2, -0.15) is 0 Å². The Labute approximate surface area is 189 Å². The minimum absolute atomic E-state index is 0.0572. The van der Waals surface area contributed by atoms with Crippen LogP contribution in [-0.4, -0.2) is 11.3 Å². The van der Waals surface area contributed by atoms with Gasteiger partial charge in [-0.25, -0.2) is 0 Å². The molecule has 28 heavy (non-hydrogen) atoms. The van der Waals surface area contributed by atoms with Gasteiger partial charge in [0.1, 0.15) is 5.75 Å². The van der Waals surface area contributed by atoms with Crippen molar-refractivity contribution in [1.29, 1.82) is 0 Å². The number of hydrogen-bond donors (Lipinski definition) is 1. The van der Waals surface area contributed by atoms with Gasteiger partial charge in [0.25, 0.3) is 0 Å². The summed E-state index contributed by atoms with van der Waals surface area (Å²) in [7, 11) is 9.87. The average Bonchev–Trinajstić information content (AvgIpc) is 2.68. The van der Waals surface area contributed by atoms with Gasteiger partial charge in [-0.3, -0.25) is 4.99 Å². The molecule has 0 aromatic heterocycles. The number of benzene rings is 2. The fraction of sp³-hybridized carbons (Fsp3) is 0.435. The molecule has 1 N–H and O–H groups in total. The second-order valence-corrected chi connectivity index (χ2v) is 11.8. The Hall–Kier alpha value is -0.627.